The van der Waals surface area contributed by atoms with E-state index in [2.05, 4.69) is 0 Å². The van der Waals surface area contributed by atoms with Crippen LogP contribution in [0.1, 0.15) is 5.56 Å². The second-order valence-electron chi connectivity index (χ2n) is 4.49. The first-order chi connectivity index (χ1) is 9.26. The van der Waals surface area contributed by atoms with E-state index in [4.69, 9.17) is 9.47 Å². The van der Waals surface area contributed by atoms with Gasteiger partial charge in [0.25, 0.3) is 0 Å². The molecule has 1 aromatic rings. The quantitative estimate of drug-likeness (QED) is 0.859. The number of benzene rings is 1. The summed E-state index contributed by atoms with van der Waals surface area (Å²) in [7, 11) is 1.59. The van der Waals surface area contributed by atoms with Gasteiger partial charge in [-0.2, -0.15) is 0 Å². The molecule has 5 nitrogen and oxygen atoms in total. The maximum atomic E-state index is 12.3. The third kappa shape index (κ3) is 3.24. The number of methoxy groups -OCH3 is 1. The van der Waals surface area contributed by atoms with Crippen molar-refractivity contribution >= 4 is 5.91 Å². The average molecular weight is 265 g/mol. The predicted octanol–water partition coefficient (Wildman–Crippen LogP) is 0.457. The Kier molecular flexibility index (Phi) is 4.76. The maximum Gasteiger partial charge on any atom is 0.227 e. The SMILES string of the molecule is COc1ccccc1CC(=O)N1CCOCC1CO. The lowest BCUT2D eigenvalue weighted by atomic mass is 10.1. The minimum atomic E-state index is -0.240. The van der Waals surface area contributed by atoms with Gasteiger partial charge in [0.15, 0.2) is 0 Å². The van der Waals surface area contributed by atoms with Crippen LogP contribution in [0, 0.1) is 0 Å². The van der Waals surface area contributed by atoms with Gasteiger partial charge in [0.1, 0.15) is 5.75 Å². The van der Waals surface area contributed by atoms with E-state index < -0.39 is 0 Å². The van der Waals surface area contributed by atoms with E-state index in [0.717, 1.165) is 5.56 Å². The minimum absolute atomic E-state index is 0.00755. The molecule has 2 rings (SSSR count). The Hall–Kier alpha value is -1.59. The van der Waals surface area contributed by atoms with Crippen molar-refractivity contribution in [1.82, 2.24) is 4.90 Å². The summed E-state index contributed by atoms with van der Waals surface area (Å²) < 4.78 is 10.5. The number of ether oxygens (including phenoxy) is 2. The van der Waals surface area contributed by atoms with Crippen LogP contribution < -0.4 is 4.74 Å². The summed E-state index contributed by atoms with van der Waals surface area (Å²) in [6, 6.07) is 7.23. The molecule has 0 saturated carbocycles. The summed E-state index contributed by atoms with van der Waals surface area (Å²) >= 11 is 0. The number of carbonyl (C=O) groups is 1. The Bertz CT molecular complexity index is 435. The number of hydrogen-bond donors (Lipinski definition) is 1. The number of aliphatic hydroxyl groups is 1. The highest BCUT2D eigenvalue weighted by atomic mass is 16.5. The largest absolute Gasteiger partial charge is 0.496 e. The summed E-state index contributed by atoms with van der Waals surface area (Å²) in [5.41, 5.74) is 0.859. The molecule has 1 aliphatic rings. The van der Waals surface area contributed by atoms with E-state index in [1.165, 1.54) is 0 Å². The van der Waals surface area contributed by atoms with Crippen LogP contribution in [-0.4, -0.2) is 55.4 Å². The van der Waals surface area contributed by atoms with Gasteiger partial charge in [-0.1, -0.05) is 18.2 Å². The molecule has 0 aromatic heterocycles. The van der Waals surface area contributed by atoms with Gasteiger partial charge >= 0.3 is 0 Å². The second kappa shape index (κ2) is 6.54. The van der Waals surface area contributed by atoms with Crippen LogP contribution in [-0.2, 0) is 16.0 Å². The fourth-order valence-electron chi connectivity index (χ4n) is 2.25. The van der Waals surface area contributed by atoms with Crippen molar-refractivity contribution in [2.24, 2.45) is 0 Å². The van der Waals surface area contributed by atoms with Crippen molar-refractivity contribution in [3.63, 3.8) is 0 Å². The Balaban J connectivity index is 2.07. The Morgan fingerprint density at radius 1 is 1.53 bits per heavy atom. The zero-order valence-corrected chi connectivity index (χ0v) is 11.0. The summed E-state index contributed by atoms with van der Waals surface area (Å²) in [5.74, 6) is 0.705. The highest BCUT2D eigenvalue weighted by molar-refractivity contribution is 5.80. The summed E-state index contributed by atoms with van der Waals surface area (Å²) in [6.45, 7) is 1.37. The van der Waals surface area contributed by atoms with Crippen LogP contribution in [0.15, 0.2) is 24.3 Å². The number of aliphatic hydroxyl groups excluding tert-OH is 1. The third-order valence-electron chi connectivity index (χ3n) is 3.29. The van der Waals surface area contributed by atoms with Crippen LogP contribution in [0.2, 0.25) is 0 Å². The lowest BCUT2D eigenvalue weighted by Crippen LogP contribution is -2.51. The van der Waals surface area contributed by atoms with E-state index in [1.807, 2.05) is 24.3 Å². The molecule has 0 aliphatic carbocycles. The minimum Gasteiger partial charge on any atom is -0.496 e. The number of para-hydroxylation sites is 1. The van der Waals surface area contributed by atoms with Crippen molar-refractivity contribution in [1.29, 1.82) is 0 Å². The number of amides is 1. The van der Waals surface area contributed by atoms with Gasteiger partial charge in [-0.15, -0.1) is 0 Å². The monoisotopic (exact) mass is 265 g/mol. The molecular weight excluding hydrogens is 246 g/mol. The van der Waals surface area contributed by atoms with Crippen molar-refractivity contribution in [2.45, 2.75) is 12.5 Å². The molecule has 1 amide bonds. The number of rotatable bonds is 4. The predicted molar refractivity (Wildman–Crippen MR) is 70.1 cm³/mol. The lowest BCUT2D eigenvalue weighted by molar-refractivity contribution is -0.140. The van der Waals surface area contributed by atoms with Gasteiger partial charge in [-0.25, -0.2) is 0 Å². The van der Waals surface area contributed by atoms with Crippen molar-refractivity contribution in [2.75, 3.05) is 33.5 Å². The van der Waals surface area contributed by atoms with Gasteiger partial charge in [0, 0.05) is 12.1 Å². The van der Waals surface area contributed by atoms with Gasteiger partial charge in [0.05, 0.1) is 39.4 Å². The number of nitrogens with zero attached hydrogens (tertiary/aromatic N) is 1. The normalized spacial score (nSPS) is 19.3. The zero-order valence-electron chi connectivity index (χ0n) is 11.0. The first-order valence-corrected chi connectivity index (χ1v) is 6.36. The van der Waals surface area contributed by atoms with Gasteiger partial charge in [0.2, 0.25) is 5.91 Å². The van der Waals surface area contributed by atoms with E-state index >= 15 is 0 Å². The first-order valence-electron chi connectivity index (χ1n) is 6.36. The van der Waals surface area contributed by atoms with Crippen LogP contribution in [0.5, 0.6) is 5.75 Å². The highest BCUT2D eigenvalue weighted by Crippen LogP contribution is 2.19. The molecule has 1 unspecified atom stereocenters. The van der Waals surface area contributed by atoms with Crippen molar-refractivity contribution in [3.05, 3.63) is 29.8 Å². The molecule has 1 aromatic carbocycles. The summed E-state index contributed by atoms with van der Waals surface area (Å²) in [5, 5.41) is 9.28. The fraction of sp³-hybridized carbons (Fsp3) is 0.500. The van der Waals surface area contributed by atoms with Crippen LogP contribution >= 0.6 is 0 Å². The van der Waals surface area contributed by atoms with Gasteiger partial charge < -0.3 is 19.5 Å². The summed E-state index contributed by atoms with van der Waals surface area (Å²) in [4.78, 5) is 14.0. The van der Waals surface area contributed by atoms with Crippen molar-refractivity contribution < 1.29 is 19.4 Å². The first kappa shape index (κ1) is 13.8. The van der Waals surface area contributed by atoms with Crippen LogP contribution in [0.3, 0.4) is 0 Å². The van der Waals surface area contributed by atoms with E-state index in [0.29, 0.717) is 25.5 Å². The van der Waals surface area contributed by atoms with Crippen molar-refractivity contribution in [3.8, 4) is 5.75 Å². The standard InChI is InChI=1S/C14H19NO4/c1-18-13-5-3-2-4-11(13)8-14(17)15-6-7-19-10-12(15)9-16/h2-5,12,16H,6-10H2,1H3. The molecule has 1 N–H and O–H groups in total. The number of morpholine rings is 1. The molecule has 104 valence electrons. The Morgan fingerprint density at radius 3 is 3.05 bits per heavy atom. The Morgan fingerprint density at radius 2 is 2.32 bits per heavy atom. The number of hydrogen-bond acceptors (Lipinski definition) is 4. The molecule has 1 saturated heterocycles. The molecule has 0 bridgehead atoms. The van der Waals surface area contributed by atoms with Gasteiger partial charge in [-0.3, -0.25) is 4.79 Å². The third-order valence-corrected chi connectivity index (χ3v) is 3.29. The molecule has 1 heterocycles. The number of carbonyl (C=O) groups excluding carboxylic acids is 1. The molecule has 0 radical (unpaired) electrons. The van der Waals surface area contributed by atoms with E-state index in [9.17, 15) is 9.90 Å². The van der Waals surface area contributed by atoms with Crippen LogP contribution in [0.4, 0.5) is 0 Å². The fourth-order valence-corrected chi connectivity index (χ4v) is 2.25. The second-order valence-corrected chi connectivity index (χ2v) is 4.49. The molecule has 0 spiro atoms. The highest BCUT2D eigenvalue weighted by Gasteiger charge is 2.27. The lowest BCUT2D eigenvalue weighted by Gasteiger charge is -2.34. The molecule has 19 heavy (non-hydrogen) atoms. The zero-order chi connectivity index (χ0) is 13.7. The van der Waals surface area contributed by atoms with Gasteiger partial charge in [-0.05, 0) is 6.07 Å². The molecule has 1 fully saturated rings. The van der Waals surface area contributed by atoms with E-state index in [-0.39, 0.29) is 25.0 Å². The molecule has 1 aliphatic heterocycles. The topological polar surface area (TPSA) is 59.0 Å². The maximum absolute atomic E-state index is 12.3. The molecular formula is C14H19NO4. The van der Waals surface area contributed by atoms with Crippen LogP contribution in [0.25, 0.3) is 0 Å². The molecule has 5 heteroatoms. The molecule has 1 atom stereocenters. The van der Waals surface area contributed by atoms with E-state index in [1.54, 1.807) is 12.0 Å². The Labute approximate surface area is 112 Å². The average Bonchev–Trinajstić information content (AvgIpc) is 2.47. The summed E-state index contributed by atoms with van der Waals surface area (Å²) in [6.07, 6.45) is 0.278. The smallest absolute Gasteiger partial charge is 0.227 e.